The molecule has 2 heterocycles. The lowest BCUT2D eigenvalue weighted by molar-refractivity contribution is 0.438. The van der Waals surface area contributed by atoms with Gasteiger partial charge in [-0.3, -0.25) is 4.99 Å². The third kappa shape index (κ3) is 4.79. The molecule has 3 heteroatoms. The molecule has 7 aromatic rings. The quantitative estimate of drug-likeness (QED) is 0.178. The van der Waals surface area contributed by atoms with Gasteiger partial charge in [0.15, 0.2) is 0 Å². The molecule has 0 bridgehead atoms. The van der Waals surface area contributed by atoms with E-state index in [-0.39, 0.29) is 12.0 Å². The molecule has 2 unspecified atom stereocenters. The van der Waals surface area contributed by atoms with Crippen LogP contribution in [-0.2, 0) is 11.8 Å². The highest BCUT2D eigenvalue weighted by molar-refractivity contribution is 6.14. The molecule has 270 valence electrons. The topological polar surface area (TPSA) is 34.0 Å². The van der Waals surface area contributed by atoms with E-state index in [0.717, 1.165) is 58.1 Å². The van der Waals surface area contributed by atoms with Crippen LogP contribution in [0.3, 0.4) is 0 Å². The van der Waals surface area contributed by atoms with Crippen molar-refractivity contribution >= 4 is 23.2 Å². The van der Waals surface area contributed by atoms with Gasteiger partial charge in [0.2, 0.25) is 0 Å². The third-order valence-electron chi connectivity index (χ3n) is 12.8. The fraction of sp³-hybridized carbons (Fsp3) is 0.111. The molecule has 0 N–H and O–H groups in total. The predicted octanol–water partition coefficient (Wildman–Crippen LogP) is 10.9. The van der Waals surface area contributed by atoms with E-state index >= 15 is 0 Å². The monoisotopic (exact) mass is 730 g/mol. The number of rotatable bonds is 4. The molecule has 0 fully saturated rings. The van der Waals surface area contributed by atoms with Crippen molar-refractivity contribution in [2.45, 2.75) is 30.7 Å². The number of fused-ring (bicyclic) bond motifs is 9. The Morgan fingerprint density at radius 3 is 2.00 bits per heavy atom. The fourth-order valence-corrected chi connectivity index (χ4v) is 10.5. The van der Waals surface area contributed by atoms with Crippen LogP contribution < -0.4 is 15.2 Å². The second kappa shape index (κ2) is 12.6. The van der Waals surface area contributed by atoms with Gasteiger partial charge in [0.25, 0.3) is 0 Å². The van der Waals surface area contributed by atoms with Crippen LogP contribution in [0.25, 0.3) is 33.9 Å². The Bertz CT molecular complexity index is 3000. The molecule has 0 amide bonds. The highest BCUT2D eigenvalue weighted by Crippen LogP contribution is 2.63. The van der Waals surface area contributed by atoms with Gasteiger partial charge in [0.05, 0.1) is 17.2 Å². The SMILES string of the molecule is C1=CC2=c3c(cccc3=CC(C3=NC(c4ccccc4)CC(c4ccccc4-c4cccc5c4Oc4ccccc4C54c5ccccc5-c5ccccc54)=N3)C2)C1. The van der Waals surface area contributed by atoms with Crippen molar-refractivity contribution in [2.24, 2.45) is 15.9 Å². The first-order chi connectivity index (χ1) is 28.3. The van der Waals surface area contributed by atoms with Gasteiger partial charge < -0.3 is 4.74 Å². The number of nitrogens with zero attached hydrogens (tertiary/aromatic N) is 2. The summed E-state index contributed by atoms with van der Waals surface area (Å²) in [5, 5.41) is 2.70. The van der Waals surface area contributed by atoms with Gasteiger partial charge in [-0.15, -0.1) is 0 Å². The van der Waals surface area contributed by atoms with E-state index in [4.69, 9.17) is 14.7 Å². The first-order valence-corrected chi connectivity index (χ1v) is 20.2. The zero-order chi connectivity index (χ0) is 37.5. The molecule has 0 radical (unpaired) electrons. The summed E-state index contributed by atoms with van der Waals surface area (Å²) in [6.07, 6.45) is 9.63. The van der Waals surface area contributed by atoms with Crippen molar-refractivity contribution in [1.82, 2.24) is 0 Å². The average Bonchev–Trinajstić information content (AvgIpc) is 3.57. The summed E-state index contributed by atoms with van der Waals surface area (Å²) in [6.45, 7) is 0. The third-order valence-corrected chi connectivity index (χ3v) is 12.8. The average molecular weight is 731 g/mol. The van der Waals surface area contributed by atoms with Gasteiger partial charge in [-0.2, -0.15) is 0 Å². The fourth-order valence-electron chi connectivity index (χ4n) is 10.5. The molecular weight excluding hydrogens is 693 g/mol. The van der Waals surface area contributed by atoms with Crippen LogP contribution >= 0.6 is 0 Å². The molecule has 2 atom stereocenters. The predicted molar refractivity (Wildman–Crippen MR) is 232 cm³/mol. The van der Waals surface area contributed by atoms with Gasteiger partial charge in [-0.25, -0.2) is 4.99 Å². The molecule has 0 saturated carbocycles. The Balaban J connectivity index is 1.05. The van der Waals surface area contributed by atoms with E-state index < -0.39 is 5.41 Å². The van der Waals surface area contributed by atoms with E-state index in [0.29, 0.717) is 6.42 Å². The molecule has 2 aliphatic heterocycles. The number of hydrogen-bond acceptors (Lipinski definition) is 3. The van der Waals surface area contributed by atoms with Crippen molar-refractivity contribution in [1.29, 1.82) is 0 Å². The first-order valence-electron chi connectivity index (χ1n) is 20.2. The number of benzene rings is 7. The van der Waals surface area contributed by atoms with Crippen LogP contribution in [0.1, 0.15) is 57.8 Å². The highest BCUT2D eigenvalue weighted by atomic mass is 16.5. The minimum atomic E-state index is -0.527. The van der Waals surface area contributed by atoms with Gasteiger partial charge >= 0.3 is 0 Å². The van der Waals surface area contributed by atoms with Crippen molar-refractivity contribution in [3.63, 3.8) is 0 Å². The van der Waals surface area contributed by atoms with E-state index in [1.165, 1.54) is 55.0 Å². The Morgan fingerprint density at radius 1 is 0.544 bits per heavy atom. The second-order valence-corrected chi connectivity index (χ2v) is 15.8. The Hall–Kier alpha value is -6.84. The largest absolute Gasteiger partial charge is 0.456 e. The normalized spacial score (nSPS) is 18.8. The van der Waals surface area contributed by atoms with Crippen molar-refractivity contribution in [2.75, 3.05) is 0 Å². The zero-order valence-corrected chi connectivity index (χ0v) is 31.4. The summed E-state index contributed by atoms with van der Waals surface area (Å²) in [5.74, 6) is 2.76. The van der Waals surface area contributed by atoms with Gasteiger partial charge in [0, 0.05) is 34.6 Å². The molecule has 0 aromatic heterocycles. The van der Waals surface area contributed by atoms with E-state index in [2.05, 4.69) is 182 Å². The number of amidine groups is 1. The molecule has 3 aliphatic carbocycles. The van der Waals surface area contributed by atoms with Gasteiger partial charge in [-0.1, -0.05) is 176 Å². The molecular formula is C54H38N2O. The zero-order valence-electron chi connectivity index (χ0n) is 31.4. The Morgan fingerprint density at radius 2 is 1.19 bits per heavy atom. The maximum absolute atomic E-state index is 7.12. The molecule has 1 spiro atoms. The first kappa shape index (κ1) is 32.4. The summed E-state index contributed by atoms with van der Waals surface area (Å²) >= 11 is 0. The number of hydrogen-bond donors (Lipinski definition) is 0. The lowest BCUT2D eigenvalue weighted by Gasteiger charge is -2.40. The van der Waals surface area contributed by atoms with Crippen LogP contribution in [0.5, 0.6) is 11.5 Å². The lowest BCUT2D eigenvalue weighted by Crippen LogP contribution is -2.37. The Kier molecular flexibility index (Phi) is 7.16. The lowest BCUT2D eigenvalue weighted by atomic mass is 9.65. The summed E-state index contributed by atoms with van der Waals surface area (Å²) in [6, 6.07) is 59.4. The number of ether oxygens (including phenoxy) is 1. The van der Waals surface area contributed by atoms with Crippen LogP contribution in [0.15, 0.2) is 186 Å². The summed E-state index contributed by atoms with van der Waals surface area (Å²) in [5.41, 5.74) is 15.3. The number of allylic oxidation sites excluding steroid dienone is 2. The molecule has 0 saturated heterocycles. The summed E-state index contributed by atoms with van der Waals surface area (Å²) in [7, 11) is 0. The van der Waals surface area contributed by atoms with Crippen molar-refractivity contribution < 1.29 is 4.74 Å². The van der Waals surface area contributed by atoms with Crippen molar-refractivity contribution in [3.05, 3.63) is 225 Å². The molecule has 3 nitrogen and oxygen atoms in total. The smallest absolute Gasteiger partial charge is 0.140 e. The van der Waals surface area contributed by atoms with Crippen LogP contribution in [0, 0.1) is 5.92 Å². The van der Waals surface area contributed by atoms with Crippen molar-refractivity contribution in [3.8, 4) is 33.8 Å². The van der Waals surface area contributed by atoms with Crippen LogP contribution in [-0.4, -0.2) is 11.5 Å². The van der Waals surface area contributed by atoms with Crippen LogP contribution in [0.2, 0.25) is 0 Å². The van der Waals surface area contributed by atoms with E-state index in [1.54, 1.807) is 0 Å². The minimum Gasteiger partial charge on any atom is -0.456 e. The maximum Gasteiger partial charge on any atom is 0.140 e. The maximum atomic E-state index is 7.12. The molecule has 57 heavy (non-hydrogen) atoms. The Labute approximate surface area is 332 Å². The standard InChI is InChI=1S/C54H38N2O/c1-2-15-34(16-3-1)48-33-49(56-53(55-48)38-31-36-19-12-17-35-18-13-20-37(32-38)51(35)36)42-24-5-4-21-39(42)43-25-14-29-47-52(43)57-50-30-11-10-28-46(50)54(47)44-26-8-6-22-40(44)41-23-7-9-27-45(41)54/h1-17,19-31,38,48H,18,32-33H2. The molecule has 7 aromatic carbocycles. The number of aliphatic imine (C=N–C) groups is 2. The van der Waals surface area contributed by atoms with Crippen LogP contribution in [0.4, 0.5) is 0 Å². The summed E-state index contributed by atoms with van der Waals surface area (Å²) < 4.78 is 7.12. The van der Waals surface area contributed by atoms with E-state index in [1.807, 2.05) is 0 Å². The molecule has 12 rings (SSSR count). The minimum absolute atomic E-state index is 0.0441. The summed E-state index contributed by atoms with van der Waals surface area (Å²) in [4.78, 5) is 11.0. The van der Waals surface area contributed by atoms with Gasteiger partial charge in [-0.05, 0) is 73.9 Å². The number of para-hydroxylation sites is 2. The van der Waals surface area contributed by atoms with Gasteiger partial charge in [0.1, 0.15) is 17.3 Å². The second-order valence-electron chi connectivity index (χ2n) is 15.8. The molecule has 5 aliphatic rings. The van der Waals surface area contributed by atoms with E-state index in [9.17, 15) is 0 Å². The highest BCUT2D eigenvalue weighted by Gasteiger charge is 2.51.